The van der Waals surface area contributed by atoms with Crippen molar-refractivity contribution in [3.8, 4) is 11.5 Å². The van der Waals surface area contributed by atoms with Crippen molar-refractivity contribution in [2.24, 2.45) is 4.99 Å². The molecule has 1 aliphatic carbocycles. The lowest BCUT2D eigenvalue weighted by Gasteiger charge is -2.39. The minimum Gasteiger partial charge on any atom is -0.493 e. The Morgan fingerprint density at radius 2 is 1.67 bits per heavy atom. The topological polar surface area (TPSA) is 73.3 Å². The minimum atomic E-state index is -0.230. The van der Waals surface area contributed by atoms with Gasteiger partial charge in [-0.3, -0.25) is 4.99 Å². The first-order valence-electron chi connectivity index (χ1n) is 12.0. The highest BCUT2D eigenvalue weighted by Crippen LogP contribution is 2.42. The van der Waals surface area contributed by atoms with E-state index in [0.29, 0.717) is 6.54 Å². The van der Waals surface area contributed by atoms with Crippen molar-refractivity contribution in [1.82, 2.24) is 10.6 Å². The van der Waals surface area contributed by atoms with Gasteiger partial charge < -0.3 is 29.6 Å². The van der Waals surface area contributed by atoms with E-state index in [1.807, 2.05) is 6.07 Å². The lowest BCUT2D eigenvalue weighted by atomic mass is 9.69. The fourth-order valence-corrected chi connectivity index (χ4v) is 4.95. The second-order valence-electron chi connectivity index (χ2n) is 8.96. The van der Waals surface area contributed by atoms with Gasteiger partial charge in [0.1, 0.15) is 0 Å². The van der Waals surface area contributed by atoms with E-state index in [2.05, 4.69) is 29.7 Å². The van der Waals surface area contributed by atoms with Crippen LogP contribution in [0.15, 0.2) is 23.2 Å². The Hall–Kier alpha value is -1.26. The van der Waals surface area contributed by atoms with Crippen LogP contribution in [0.5, 0.6) is 11.5 Å². The Morgan fingerprint density at radius 1 is 0.970 bits per heavy atom. The van der Waals surface area contributed by atoms with Crippen LogP contribution in [-0.4, -0.2) is 65.7 Å². The SMILES string of the molecule is CCNC(=NCC1(OC)CCOCC1)NCC1(c2ccc(OC)c(OC)c2)CCCCC1.I. The van der Waals surface area contributed by atoms with Crippen molar-refractivity contribution < 1.29 is 18.9 Å². The van der Waals surface area contributed by atoms with Crippen molar-refractivity contribution in [1.29, 1.82) is 0 Å². The van der Waals surface area contributed by atoms with Gasteiger partial charge in [-0.2, -0.15) is 0 Å². The maximum atomic E-state index is 5.87. The molecule has 0 unspecified atom stereocenters. The van der Waals surface area contributed by atoms with Gasteiger partial charge in [0.25, 0.3) is 0 Å². The summed E-state index contributed by atoms with van der Waals surface area (Å²) in [7, 11) is 5.17. The van der Waals surface area contributed by atoms with Gasteiger partial charge in [-0.05, 0) is 37.5 Å². The maximum Gasteiger partial charge on any atom is 0.191 e. The molecule has 1 saturated heterocycles. The molecule has 0 atom stereocenters. The largest absolute Gasteiger partial charge is 0.493 e. The summed E-state index contributed by atoms with van der Waals surface area (Å²) in [5.41, 5.74) is 1.12. The molecule has 1 aromatic rings. The molecule has 2 N–H and O–H groups in total. The van der Waals surface area contributed by atoms with E-state index in [-0.39, 0.29) is 35.0 Å². The van der Waals surface area contributed by atoms with Gasteiger partial charge in [0.05, 0.1) is 26.4 Å². The van der Waals surface area contributed by atoms with Gasteiger partial charge in [0.2, 0.25) is 0 Å². The molecule has 2 fully saturated rings. The fourth-order valence-electron chi connectivity index (χ4n) is 4.95. The van der Waals surface area contributed by atoms with Gasteiger partial charge in [-0.1, -0.05) is 25.3 Å². The van der Waals surface area contributed by atoms with Crippen LogP contribution in [0.2, 0.25) is 0 Å². The number of ether oxygens (including phenoxy) is 4. The fraction of sp³-hybridized carbons (Fsp3) is 0.720. The van der Waals surface area contributed by atoms with Crippen molar-refractivity contribution >= 4 is 29.9 Å². The average molecular weight is 576 g/mol. The Kier molecular flexibility index (Phi) is 11.5. The highest BCUT2D eigenvalue weighted by Gasteiger charge is 2.35. The number of aliphatic imine (C=N–C) groups is 1. The summed E-state index contributed by atoms with van der Waals surface area (Å²) in [4.78, 5) is 4.92. The second-order valence-corrected chi connectivity index (χ2v) is 8.96. The van der Waals surface area contributed by atoms with Crippen LogP contribution in [0.4, 0.5) is 0 Å². The molecule has 2 aliphatic rings. The third-order valence-electron chi connectivity index (χ3n) is 7.11. The molecule has 3 rings (SSSR count). The highest BCUT2D eigenvalue weighted by molar-refractivity contribution is 14.0. The van der Waals surface area contributed by atoms with Crippen LogP contribution in [0.25, 0.3) is 0 Å². The standard InChI is InChI=1S/C25H41N3O4.HI/c1-5-26-23(28-19-25(31-4)13-15-32-16-14-25)27-18-24(11-7-6-8-12-24)20-9-10-21(29-2)22(17-20)30-3;/h9-10,17H,5-8,11-16,18-19H2,1-4H3,(H2,26,27,28);1H. The molecular formula is C25H42IN3O4. The highest BCUT2D eigenvalue weighted by atomic mass is 127. The molecule has 0 bridgehead atoms. The maximum absolute atomic E-state index is 5.87. The molecule has 0 spiro atoms. The first-order chi connectivity index (χ1) is 15.6. The summed E-state index contributed by atoms with van der Waals surface area (Å²) in [5.74, 6) is 2.41. The minimum absolute atomic E-state index is 0. The number of halogens is 1. The van der Waals surface area contributed by atoms with Crippen molar-refractivity contribution in [3.05, 3.63) is 23.8 Å². The van der Waals surface area contributed by atoms with E-state index in [9.17, 15) is 0 Å². The quantitative estimate of drug-likeness (QED) is 0.260. The smallest absolute Gasteiger partial charge is 0.191 e. The molecule has 33 heavy (non-hydrogen) atoms. The van der Waals surface area contributed by atoms with E-state index in [1.54, 1.807) is 21.3 Å². The molecule has 7 nitrogen and oxygen atoms in total. The predicted molar refractivity (Wildman–Crippen MR) is 143 cm³/mol. The van der Waals surface area contributed by atoms with Crippen LogP contribution >= 0.6 is 24.0 Å². The molecule has 1 aliphatic heterocycles. The molecular weight excluding hydrogens is 533 g/mol. The number of methoxy groups -OCH3 is 3. The molecule has 188 valence electrons. The van der Waals surface area contributed by atoms with Gasteiger partial charge in [-0.25, -0.2) is 0 Å². The number of hydrogen-bond acceptors (Lipinski definition) is 5. The van der Waals surface area contributed by atoms with Gasteiger partial charge in [-0.15, -0.1) is 24.0 Å². The molecule has 0 aromatic heterocycles. The van der Waals surface area contributed by atoms with Crippen LogP contribution in [0, 0.1) is 0 Å². The Bertz CT molecular complexity index is 747. The summed E-state index contributed by atoms with van der Waals surface area (Å²) in [5, 5.41) is 7.08. The molecule has 1 heterocycles. The summed E-state index contributed by atoms with van der Waals surface area (Å²) < 4.78 is 22.5. The van der Waals surface area contributed by atoms with E-state index >= 15 is 0 Å². The van der Waals surface area contributed by atoms with E-state index in [1.165, 1.54) is 24.8 Å². The third kappa shape index (κ3) is 7.11. The van der Waals surface area contributed by atoms with Crippen LogP contribution in [0.1, 0.15) is 57.4 Å². The summed E-state index contributed by atoms with van der Waals surface area (Å²) in [6.07, 6.45) is 7.81. The zero-order chi connectivity index (χ0) is 22.9. The van der Waals surface area contributed by atoms with Gasteiger partial charge >= 0.3 is 0 Å². The summed E-state index contributed by atoms with van der Waals surface area (Å²) in [6, 6.07) is 6.37. The molecule has 1 aromatic carbocycles. The van der Waals surface area contributed by atoms with Crippen molar-refractivity contribution in [2.45, 2.75) is 62.9 Å². The number of nitrogens with zero attached hydrogens (tertiary/aromatic N) is 1. The molecule has 1 saturated carbocycles. The first-order valence-corrected chi connectivity index (χ1v) is 12.0. The lowest BCUT2D eigenvalue weighted by Crippen LogP contribution is -2.48. The molecule has 0 radical (unpaired) electrons. The number of guanidine groups is 1. The molecule has 0 amide bonds. The van der Waals surface area contributed by atoms with Gasteiger partial charge in [0, 0.05) is 51.7 Å². The second kappa shape index (κ2) is 13.6. The number of hydrogen-bond donors (Lipinski definition) is 2. The number of nitrogens with one attached hydrogen (secondary N) is 2. The first kappa shape index (κ1) is 28.0. The molecule has 8 heteroatoms. The average Bonchev–Trinajstić information content (AvgIpc) is 2.86. The summed E-state index contributed by atoms with van der Waals surface area (Å²) in [6.45, 7) is 5.84. The van der Waals surface area contributed by atoms with E-state index < -0.39 is 0 Å². The van der Waals surface area contributed by atoms with Crippen molar-refractivity contribution in [3.63, 3.8) is 0 Å². The predicted octanol–water partition coefficient (Wildman–Crippen LogP) is 4.27. The zero-order valence-corrected chi connectivity index (χ0v) is 23.0. The Balaban J connectivity index is 0.00000385. The number of benzene rings is 1. The van der Waals surface area contributed by atoms with Crippen LogP contribution < -0.4 is 20.1 Å². The third-order valence-corrected chi connectivity index (χ3v) is 7.11. The van der Waals surface area contributed by atoms with Crippen LogP contribution in [0.3, 0.4) is 0 Å². The number of rotatable bonds is 9. The van der Waals surface area contributed by atoms with Crippen molar-refractivity contribution in [2.75, 3.05) is 54.2 Å². The van der Waals surface area contributed by atoms with E-state index in [4.69, 9.17) is 23.9 Å². The Morgan fingerprint density at radius 3 is 2.27 bits per heavy atom. The van der Waals surface area contributed by atoms with Crippen LogP contribution in [-0.2, 0) is 14.9 Å². The monoisotopic (exact) mass is 575 g/mol. The lowest BCUT2D eigenvalue weighted by molar-refractivity contribution is -0.0828. The van der Waals surface area contributed by atoms with E-state index in [0.717, 1.165) is 69.4 Å². The zero-order valence-electron chi connectivity index (χ0n) is 20.7. The summed E-state index contributed by atoms with van der Waals surface area (Å²) >= 11 is 0. The van der Waals surface area contributed by atoms with Gasteiger partial charge in [0.15, 0.2) is 17.5 Å². The normalized spacial score (nSPS) is 19.8. The Labute approximate surface area is 216 Å².